The predicted octanol–water partition coefficient (Wildman–Crippen LogP) is 4.46. The summed E-state index contributed by atoms with van der Waals surface area (Å²) >= 11 is 0. The Bertz CT molecular complexity index is 1240. The minimum Gasteiger partial charge on any atom is -0.497 e. The third-order valence-electron chi connectivity index (χ3n) is 4.70. The van der Waals surface area contributed by atoms with Crippen molar-refractivity contribution in [2.24, 2.45) is 5.10 Å². The van der Waals surface area contributed by atoms with E-state index in [1.165, 1.54) is 0 Å². The number of benzene rings is 2. The molecule has 0 spiro atoms. The molecule has 2 aromatic heterocycles. The molecule has 0 unspecified atom stereocenters. The van der Waals surface area contributed by atoms with Crippen LogP contribution in [-0.2, 0) is 0 Å². The average Bonchev–Trinajstić information content (AvgIpc) is 2.82. The minimum absolute atomic E-state index is 0.312. The first-order valence-corrected chi connectivity index (χ1v) is 9.46. The van der Waals surface area contributed by atoms with Crippen LogP contribution < -0.4 is 10.2 Å². The molecular weight excluding hydrogens is 376 g/mol. The first-order valence-electron chi connectivity index (χ1n) is 9.46. The lowest BCUT2D eigenvalue weighted by Crippen LogP contribution is -2.20. The standard InChI is InChI=1S/C24H20N4O2/c1-16(17-8-7-9-18(14-17)30-2)27-28-24(29)20-15-23(22-12-5-6-13-25-22)26-21-11-4-3-10-19(20)21/h3-15H,1-2H3,(H,28,29). The highest BCUT2D eigenvalue weighted by atomic mass is 16.5. The van der Waals surface area contributed by atoms with E-state index in [9.17, 15) is 4.79 Å². The van der Waals surface area contributed by atoms with Crippen molar-refractivity contribution in [1.29, 1.82) is 0 Å². The molecule has 0 saturated carbocycles. The molecule has 2 heterocycles. The summed E-state index contributed by atoms with van der Waals surface area (Å²) in [5.41, 5.74) is 6.75. The molecule has 2 aromatic carbocycles. The number of methoxy groups -OCH3 is 1. The molecule has 30 heavy (non-hydrogen) atoms. The number of aromatic nitrogens is 2. The zero-order chi connectivity index (χ0) is 20.9. The molecule has 0 aliphatic rings. The number of para-hydroxylation sites is 1. The Balaban J connectivity index is 1.68. The lowest BCUT2D eigenvalue weighted by molar-refractivity contribution is 0.0956. The Morgan fingerprint density at radius 2 is 1.80 bits per heavy atom. The summed E-state index contributed by atoms with van der Waals surface area (Å²) < 4.78 is 5.25. The van der Waals surface area contributed by atoms with Crippen LogP contribution in [0.15, 0.2) is 84.1 Å². The highest BCUT2D eigenvalue weighted by molar-refractivity contribution is 6.08. The van der Waals surface area contributed by atoms with Crippen LogP contribution in [0.4, 0.5) is 0 Å². The lowest BCUT2D eigenvalue weighted by Gasteiger charge is -2.09. The van der Waals surface area contributed by atoms with Crippen LogP contribution in [0.2, 0.25) is 0 Å². The maximum atomic E-state index is 13.0. The molecule has 0 aliphatic heterocycles. The number of nitrogens with zero attached hydrogens (tertiary/aromatic N) is 3. The SMILES string of the molecule is COc1cccc(C(C)=NNC(=O)c2cc(-c3ccccn3)nc3ccccc23)c1. The molecule has 0 radical (unpaired) electrons. The highest BCUT2D eigenvalue weighted by Gasteiger charge is 2.14. The fourth-order valence-electron chi connectivity index (χ4n) is 3.12. The second kappa shape index (κ2) is 8.53. The van der Waals surface area contributed by atoms with Gasteiger partial charge in [-0.1, -0.05) is 36.4 Å². The third kappa shape index (κ3) is 4.03. The van der Waals surface area contributed by atoms with Gasteiger partial charge in [-0.2, -0.15) is 5.10 Å². The van der Waals surface area contributed by atoms with Crippen LogP contribution in [0, 0.1) is 0 Å². The van der Waals surface area contributed by atoms with Crippen LogP contribution >= 0.6 is 0 Å². The van der Waals surface area contributed by atoms with Crippen molar-refractivity contribution in [3.8, 4) is 17.1 Å². The van der Waals surface area contributed by atoms with Gasteiger partial charge >= 0.3 is 0 Å². The fraction of sp³-hybridized carbons (Fsp3) is 0.0833. The number of hydrazone groups is 1. The van der Waals surface area contributed by atoms with Gasteiger partial charge in [0, 0.05) is 17.1 Å². The molecule has 4 rings (SSSR count). The molecule has 4 aromatic rings. The Morgan fingerprint density at radius 1 is 0.967 bits per heavy atom. The van der Waals surface area contributed by atoms with Gasteiger partial charge in [-0.3, -0.25) is 9.78 Å². The largest absolute Gasteiger partial charge is 0.497 e. The average molecular weight is 396 g/mol. The molecule has 1 N–H and O–H groups in total. The van der Waals surface area contributed by atoms with E-state index in [4.69, 9.17) is 4.74 Å². The molecule has 0 fully saturated rings. The van der Waals surface area contributed by atoms with E-state index in [0.717, 1.165) is 22.2 Å². The summed E-state index contributed by atoms with van der Waals surface area (Å²) in [5.74, 6) is 0.418. The molecule has 6 heteroatoms. The van der Waals surface area contributed by atoms with E-state index >= 15 is 0 Å². The van der Waals surface area contributed by atoms with Gasteiger partial charge in [-0.05, 0) is 43.3 Å². The van der Waals surface area contributed by atoms with Gasteiger partial charge in [0.25, 0.3) is 5.91 Å². The Hall–Kier alpha value is -4.06. The molecule has 6 nitrogen and oxygen atoms in total. The highest BCUT2D eigenvalue weighted by Crippen LogP contribution is 2.23. The third-order valence-corrected chi connectivity index (χ3v) is 4.70. The van der Waals surface area contributed by atoms with Crippen molar-refractivity contribution >= 4 is 22.5 Å². The zero-order valence-corrected chi connectivity index (χ0v) is 16.7. The number of carbonyl (C=O) groups is 1. The molecule has 148 valence electrons. The molecule has 1 amide bonds. The van der Waals surface area contributed by atoms with Crippen molar-refractivity contribution in [1.82, 2.24) is 15.4 Å². The topological polar surface area (TPSA) is 76.5 Å². The molecule has 0 saturated heterocycles. The van der Waals surface area contributed by atoms with Gasteiger partial charge in [-0.25, -0.2) is 10.4 Å². The normalized spacial score (nSPS) is 11.3. The van der Waals surface area contributed by atoms with E-state index in [0.29, 0.717) is 22.7 Å². The Kier molecular flexibility index (Phi) is 5.48. The lowest BCUT2D eigenvalue weighted by atomic mass is 10.1. The van der Waals surface area contributed by atoms with E-state index < -0.39 is 0 Å². The van der Waals surface area contributed by atoms with Gasteiger partial charge < -0.3 is 4.74 Å². The molecule has 0 bridgehead atoms. The Morgan fingerprint density at radius 3 is 2.60 bits per heavy atom. The number of pyridine rings is 2. The second-order valence-corrected chi connectivity index (χ2v) is 6.66. The van der Waals surface area contributed by atoms with Crippen molar-refractivity contribution < 1.29 is 9.53 Å². The monoisotopic (exact) mass is 396 g/mol. The fourth-order valence-corrected chi connectivity index (χ4v) is 3.12. The number of carbonyl (C=O) groups excluding carboxylic acids is 1. The summed E-state index contributed by atoms with van der Waals surface area (Å²) in [4.78, 5) is 22.0. The van der Waals surface area contributed by atoms with Gasteiger partial charge in [-0.15, -0.1) is 0 Å². The minimum atomic E-state index is -0.312. The van der Waals surface area contributed by atoms with E-state index in [-0.39, 0.29) is 5.91 Å². The smallest absolute Gasteiger partial charge is 0.272 e. The van der Waals surface area contributed by atoms with Crippen molar-refractivity contribution in [3.63, 3.8) is 0 Å². The summed E-state index contributed by atoms with van der Waals surface area (Å²) in [6.45, 7) is 1.83. The van der Waals surface area contributed by atoms with Gasteiger partial charge in [0.05, 0.1) is 35.3 Å². The summed E-state index contributed by atoms with van der Waals surface area (Å²) in [7, 11) is 1.61. The van der Waals surface area contributed by atoms with Crippen LogP contribution in [-0.4, -0.2) is 28.7 Å². The Labute approximate surface area is 174 Å². The van der Waals surface area contributed by atoms with E-state index in [2.05, 4.69) is 20.5 Å². The van der Waals surface area contributed by atoms with Gasteiger partial charge in [0.2, 0.25) is 0 Å². The van der Waals surface area contributed by atoms with Crippen molar-refractivity contribution in [2.75, 3.05) is 7.11 Å². The zero-order valence-electron chi connectivity index (χ0n) is 16.7. The molecule has 0 atom stereocenters. The number of hydrogen-bond donors (Lipinski definition) is 1. The van der Waals surface area contributed by atoms with E-state index in [1.54, 1.807) is 19.4 Å². The van der Waals surface area contributed by atoms with Crippen LogP contribution in [0.1, 0.15) is 22.8 Å². The second-order valence-electron chi connectivity index (χ2n) is 6.66. The van der Waals surface area contributed by atoms with Crippen LogP contribution in [0.3, 0.4) is 0 Å². The van der Waals surface area contributed by atoms with Crippen molar-refractivity contribution in [2.45, 2.75) is 6.92 Å². The number of ether oxygens (including phenoxy) is 1. The summed E-state index contributed by atoms with van der Waals surface area (Å²) in [6.07, 6.45) is 1.70. The molecule has 0 aliphatic carbocycles. The predicted molar refractivity (Wildman–Crippen MR) is 118 cm³/mol. The molecular formula is C24H20N4O2. The number of rotatable bonds is 5. The summed E-state index contributed by atoms with van der Waals surface area (Å²) in [5, 5.41) is 5.03. The first-order chi connectivity index (χ1) is 14.7. The van der Waals surface area contributed by atoms with Crippen LogP contribution in [0.5, 0.6) is 5.75 Å². The number of nitrogens with one attached hydrogen (secondary N) is 1. The number of amides is 1. The number of fused-ring (bicyclic) bond motifs is 1. The summed E-state index contributed by atoms with van der Waals surface area (Å²) in [6, 6.07) is 22.4. The maximum Gasteiger partial charge on any atom is 0.272 e. The van der Waals surface area contributed by atoms with Gasteiger partial charge in [0.1, 0.15) is 5.75 Å². The maximum absolute atomic E-state index is 13.0. The first kappa shape index (κ1) is 19.3. The van der Waals surface area contributed by atoms with Crippen LogP contribution in [0.25, 0.3) is 22.3 Å². The van der Waals surface area contributed by atoms with E-state index in [1.807, 2.05) is 73.7 Å². The quantitative estimate of drug-likeness (QED) is 0.399. The van der Waals surface area contributed by atoms with Crippen molar-refractivity contribution in [3.05, 3.63) is 90.1 Å². The number of hydrogen-bond acceptors (Lipinski definition) is 5. The van der Waals surface area contributed by atoms with Gasteiger partial charge in [0.15, 0.2) is 0 Å².